The van der Waals surface area contributed by atoms with E-state index in [4.69, 9.17) is 39.6 Å². The number of benzene rings is 3. The van der Waals surface area contributed by atoms with Crippen LogP contribution in [0.5, 0.6) is 0 Å². The van der Waals surface area contributed by atoms with Crippen LogP contribution in [0.15, 0.2) is 116 Å². The second kappa shape index (κ2) is 39.1. The smallest absolute Gasteiger partial charge is 0.251 e. The van der Waals surface area contributed by atoms with E-state index in [1.54, 1.807) is 62.4 Å². The maximum Gasteiger partial charge on any atom is 0.251 e. The average Bonchev–Trinajstić information content (AvgIpc) is 1.28. The topological polar surface area (TPSA) is 475 Å². The Kier molecular flexibility index (Phi) is 30.3. The molecule has 7 rings (SSSR count). The average molecular weight is 1450 g/mol. The van der Waals surface area contributed by atoms with Gasteiger partial charge in [0.25, 0.3) is 5.91 Å². The van der Waals surface area contributed by atoms with Crippen LogP contribution in [0.1, 0.15) is 88.0 Å². The number of fused-ring (bicyclic) bond motifs is 2. The summed E-state index contributed by atoms with van der Waals surface area (Å²) in [5.74, 6) is -10.5. The molecule has 0 spiro atoms. The number of guanidine groups is 2. The molecule has 33 heteroatoms. The first-order valence-electron chi connectivity index (χ1n) is 33.0. The summed E-state index contributed by atoms with van der Waals surface area (Å²) < 4.78 is 0. The fourth-order valence-electron chi connectivity index (χ4n) is 11.5. The lowest BCUT2D eigenvalue weighted by Crippen LogP contribution is -2.61. The number of nitrogens with two attached hydrogens (primary N) is 3. The van der Waals surface area contributed by atoms with Gasteiger partial charge in [0.1, 0.15) is 54.4 Å². The summed E-state index contributed by atoms with van der Waals surface area (Å²) in [6.45, 7) is 5.08. The molecule has 10 atom stereocenters. The minimum atomic E-state index is -1.69. The van der Waals surface area contributed by atoms with Crippen molar-refractivity contribution in [3.63, 3.8) is 0 Å². The first-order chi connectivity index (χ1) is 48.3. The van der Waals surface area contributed by atoms with Crippen LogP contribution in [0.2, 0.25) is 5.02 Å². The van der Waals surface area contributed by atoms with E-state index in [0.29, 0.717) is 44.5 Å². The number of primary amides is 1. The fourth-order valence-corrected chi connectivity index (χ4v) is 13.9. The lowest BCUT2D eigenvalue weighted by atomic mass is 9.99. The number of hydrogen-bond acceptors (Lipinski definition) is 17. The van der Waals surface area contributed by atoms with Gasteiger partial charge in [-0.1, -0.05) is 114 Å². The fraction of sp³-hybridized carbons (Fsp3) is 0.426. The Balaban J connectivity index is 1.26. The highest BCUT2D eigenvalue weighted by Crippen LogP contribution is 2.28. The molecule has 0 bridgehead atoms. The molecule has 11 amide bonds. The van der Waals surface area contributed by atoms with Gasteiger partial charge in [-0.3, -0.25) is 73.5 Å². The van der Waals surface area contributed by atoms with Crippen LogP contribution in [-0.2, 0) is 78.4 Å². The molecule has 2 saturated heterocycles. The van der Waals surface area contributed by atoms with Gasteiger partial charge in [0.15, 0.2) is 17.3 Å². The number of rotatable bonds is 26. The summed E-state index contributed by atoms with van der Waals surface area (Å²) in [6.07, 6.45) is 5.90. The van der Waals surface area contributed by atoms with Gasteiger partial charge < -0.3 is 80.6 Å². The van der Waals surface area contributed by atoms with E-state index in [-0.39, 0.29) is 95.7 Å². The number of aromatic nitrogens is 2. The zero-order chi connectivity index (χ0) is 73.1. The first-order valence-corrected chi connectivity index (χ1v) is 35.8. The largest absolute Gasteiger partial charge is 0.370 e. The summed E-state index contributed by atoms with van der Waals surface area (Å²) in [7, 11) is 1.50. The van der Waals surface area contributed by atoms with Crippen LogP contribution in [0.3, 0.4) is 0 Å². The molecule has 101 heavy (non-hydrogen) atoms. The summed E-state index contributed by atoms with van der Waals surface area (Å²) >= 11 is 6.28. The highest BCUT2D eigenvalue weighted by Gasteiger charge is 2.41. The summed E-state index contributed by atoms with van der Waals surface area (Å²) in [6, 6.07) is 13.5. The molecule has 30 nitrogen and oxygen atoms in total. The van der Waals surface area contributed by atoms with Crippen molar-refractivity contribution in [2.75, 3.05) is 25.4 Å². The SMILES string of the molecule is CC(=O)N[C@H](Cc1ccc2ccccc2c1)C(=O)N[C@H](Cc1ccc(Cl)cc1)C(=O)N[C@H](Cc1cccnc1)C(=O)N[C@H]1CSS[C@@H](C(N)=O)NC(=O)[C@@H]2CCCN2C(=O)[C@H](CCCNC(=N)N)NC(=O)[C@H](CC(C)C)NC(=O)[C@@H](Cc2cccnc2)NC(=O)[C@H](CCCNC(=N)N)NC1=O. The van der Waals surface area contributed by atoms with Gasteiger partial charge in [-0.2, -0.15) is 0 Å². The van der Waals surface area contributed by atoms with Crippen molar-refractivity contribution < 1.29 is 52.7 Å². The van der Waals surface area contributed by atoms with Crippen molar-refractivity contribution in [3.8, 4) is 0 Å². The predicted octanol–water partition coefficient (Wildman–Crippen LogP) is 0.338. The lowest BCUT2D eigenvalue weighted by Gasteiger charge is -2.31. The monoisotopic (exact) mass is 1450 g/mol. The molecule has 2 aromatic heterocycles. The van der Waals surface area contributed by atoms with Crippen molar-refractivity contribution in [1.82, 2.24) is 73.4 Å². The van der Waals surface area contributed by atoms with Crippen molar-refractivity contribution in [2.45, 2.75) is 151 Å². The van der Waals surface area contributed by atoms with Crippen LogP contribution in [0, 0.1) is 16.7 Å². The molecule has 0 saturated carbocycles. The number of pyridine rings is 2. The molecular weight excluding hydrogens is 1360 g/mol. The van der Waals surface area contributed by atoms with E-state index >= 15 is 19.2 Å². The molecular formula is C68H88ClN19O11S2. The van der Waals surface area contributed by atoms with Crippen LogP contribution < -0.4 is 75.7 Å². The molecule has 540 valence electrons. The Morgan fingerprint density at radius 2 is 1.16 bits per heavy atom. The van der Waals surface area contributed by atoms with Gasteiger partial charge in [0.2, 0.25) is 59.1 Å². The molecule has 4 heterocycles. The van der Waals surface area contributed by atoms with E-state index in [1.807, 2.05) is 42.5 Å². The van der Waals surface area contributed by atoms with Crippen molar-refractivity contribution in [3.05, 3.63) is 143 Å². The quantitative estimate of drug-likeness (QED) is 0.0154. The number of halogens is 1. The molecule has 0 unspecified atom stereocenters. The van der Waals surface area contributed by atoms with E-state index in [9.17, 15) is 33.6 Å². The van der Waals surface area contributed by atoms with Gasteiger partial charge in [-0.25, -0.2) is 0 Å². The number of amides is 11. The standard InChI is InChI=1S/C68H88ClN19O11S2/c1-38(2)29-49-58(92)81-48(16-9-27-78-68(73)74)66(99)88-28-10-17-55(88)64(98)87-65(56(70)90)101-100-37-54(63(97)80-47(15-8-26-77-67(71)72)57(91)83-52(61(95)82-49)33-42-11-6-24-75-35-42)86-62(96)53(34-43-12-7-25-76-36-43)85-60(94)51(31-40-19-22-46(69)23-20-40)84-59(93)50(79-39(3)89)32-41-18-21-44-13-4-5-14-45(44)30-41/h4-7,11-14,18-25,30,35-36,38,47-55,65H,8-10,15-17,26-29,31-34,37H2,1-3H3,(H2,70,90)(H,79,89)(H,80,97)(H,81,92)(H,82,95)(H,83,91)(H,84,93)(H,85,94)(H,86,96)(H,87,98)(H4,71,72,77)(H4,73,74,78)/t47-,48-,49-,50+,51+,52+,53+,54-,55-,65-/m0/s1. The highest BCUT2D eigenvalue weighted by molar-refractivity contribution is 8.77. The zero-order valence-electron chi connectivity index (χ0n) is 56.2. The number of carbonyl (C=O) groups is 11. The Morgan fingerprint density at radius 1 is 0.614 bits per heavy atom. The lowest BCUT2D eigenvalue weighted by molar-refractivity contribution is -0.142. The highest BCUT2D eigenvalue weighted by atomic mass is 35.5. The normalized spacial score (nSPS) is 20.4. The number of nitrogens with zero attached hydrogens (tertiary/aromatic N) is 3. The number of nitrogens with one attached hydrogen (secondary N) is 13. The van der Waals surface area contributed by atoms with Gasteiger partial charge in [0, 0.05) is 87.8 Å². The van der Waals surface area contributed by atoms with Gasteiger partial charge in [0.05, 0.1) is 0 Å². The van der Waals surface area contributed by atoms with Gasteiger partial charge >= 0.3 is 0 Å². The van der Waals surface area contributed by atoms with Crippen LogP contribution in [0.25, 0.3) is 10.8 Å². The molecule has 2 aliphatic rings. The van der Waals surface area contributed by atoms with E-state index in [0.717, 1.165) is 21.6 Å². The van der Waals surface area contributed by atoms with Crippen LogP contribution in [-0.4, -0.2) is 177 Å². The van der Waals surface area contributed by atoms with E-state index in [2.05, 4.69) is 68.5 Å². The first kappa shape index (κ1) is 78.3. The van der Waals surface area contributed by atoms with E-state index in [1.165, 1.54) is 36.6 Å². The van der Waals surface area contributed by atoms with Gasteiger partial charge in [-0.15, -0.1) is 0 Å². The number of hydrogen-bond donors (Lipinski definition) is 16. The van der Waals surface area contributed by atoms with Crippen molar-refractivity contribution in [1.29, 1.82) is 10.8 Å². The molecule has 19 N–H and O–H groups in total. The Bertz CT molecular complexity index is 3750. The molecule has 2 aliphatic heterocycles. The van der Waals surface area contributed by atoms with E-state index < -0.39 is 136 Å². The Morgan fingerprint density at radius 3 is 1.77 bits per heavy atom. The summed E-state index contributed by atoms with van der Waals surface area (Å²) in [4.78, 5) is 170. The van der Waals surface area contributed by atoms with Gasteiger partial charge in [-0.05, 0) is 108 Å². The van der Waals surface area contributed by atoms with Crippen LogP contribution >= 0.6 is 33.2 Å². The molecule has 3 aromatic carbocycles. The molecule has 0 aliphatic carbocycles. The maximum atomic E-state index is 15.3. The van der Waals surface area contributed by atoms with Crippen molar-refractivity contribution >= 4 is 121 Å². The maximum absolute atomic E-state index is 15.3. The summed E-state index contributed by atoms with van der Waals surface area (Å²) in [5.41, 5.74) is 19.2. The summed E-state index contributed by atoms with van der Waals surface area (Å²) in [5, 5.41) is 46.2. The molecule has 0 radical (unpaired) electrons. The third-order valence-electron chi connectivity index (χ3n) is 16.5. The third kappa shape index (κ3) is 25.2. The second-order valence-electron chi connectivity index (χ2n) is 25.0. The second-order valence-corrected chi connectivity index (χ2v) is 27.9. The molecule has 2 fully saturated rings. The van der Waals surface area contributed by atoms with Crippen LogP contribution in [0.4, 0.5) is 0 Å². The zero-order valence-corrected chi connectivity index (χ0v) is 58.6. The minimum absolute atomic E-state index is 0.0180. The Labute approximate surface area is 597 Å². The Hall–Kier alpha value is -10.1. The predicted molar refractivity (Wildman–Crippen MR) is 383 cm³/mol. The number of carbonyl (C=O) groups excluding carboxylic acids is 11. The van der Waals surface area contributed by atoms with Crippen molar-refractivity contribution in [2.24, 2.45) is 23.1 Å². The molecule has 5 aromatic rings. The minimum Gasteiger partial charge on any atom is -0.370 e. The third-order valence-corrected chi connectivity index (χ3v) is 19.3.